The Morgan fingerprint density at radius 2 is 1.83 bits per heavy atom. The smallest absolute Gasteiger partial charge is 0.130 e. The third-order valence-corrected chi connectivity index (χ3v) is 2.90. The lowest BCUT2D eigenvalue weighted by atomic mass is 10.0. The van der Waals surface area contributed by atoms with Crippen LogP contribution in [0.15, 0.2) is 48.5 Å². The van der Waals surface area contributed by atoms with Gasteiger partial charge in [0.15, 0.2) is 0 Å². The van der Waals surface area contributed by atoms with Crippen molar-refractivity contribution in [3.63, 3.8) is 0 Å². The summed E-state index contributed by atoms with van der Waals surface area (Å²) in [5, 5.41) is 0. The Hall–Kier alpha value is -1.80. The zero-order valence-electron chi connectivity index (χ0n) is 10.9. The van der Waals surface area contributed by atoms with Crippen LogP contribution in [-0.4, -0.2) is 0 Å². The minimum atomic E-state index is 0.443. The molecule has 0 aliphatic rings. The quantitative estimate of drug-likeness (QED) is 0.876. The van der Waals surface area contributed by atoms with Crippen LogP contribution < -0.4 is 10.5 Å². The number of ether oxygens (including phenoxy) is 1. The molecule has 0 heterocycles. The van der Waals surface area contributed by atoms with Crippen molar-refractivity contribution in [2.45, 2.75) is 26.3 Å². The average Bonchev–Trinajstić information content (AvgIpc) is 2.39. The SMILES string of the molecule is CC(C)c1ccccc1Oc1cccc(CN)c1. The molecule has 2 nitrogen and oxygen atoms in total. The number of rotatable bonds is 4. The highest BCUT2D eigenvalue weighted by molar-refractivity contribution is 5.40. The lowest BCUT2D eigenvalue weighted by molar-refractivity contribution is 0.472. The monoisotopic (exact) mass is 241 g/mol. The minimum Gasteiger partial charge on any atom is -0.457 e. The van der Waals surface area contributed by atoms with Gasteiger partial charge in [-0.05, 0) is 35.2 Å². The zero-order valence-corrected chi connectivity index (χ0v) is 10.9. The molecule has 0 aliphatic heterocycles. The minimum absolute atomic E-state index is 0.443. The summed E-state index contributed by atoms with van der Waals surface area (Å²) in [6.07, 6.45) is 0. The molecular formula is C16H19NO. The van der Waals surface area contributed by atoms with E-state index in [1.165, 1.54) is 5.56 Å². The Morgan fingerprint density at radius 1 is 1.06 bits per heavy atom. The summed E-state index contributed by atoms with van der Waals surface area (Å²) >= 11 is 0. The van der Waals surface area contributed by atoms with Gasteiger partial charge in [-0.25, -0.2) is 0 Å². The van der Waals surface area contributed by atoms with Gasteiger partial charge in [-0.15, -0.1) is 0 Å². The zero-order chi connectivity index (χ0) is 13.0. The van der Waals surface area contributed by atoms with Crippen LogP contribution in [0.4, 0.5) is 0 Å². The van der Waals surface area contributed by atoms with Crippen molar-refractivity contribution in [3.05, 3.63) is 59.7 Å². The highest BCUT2D eigenvalue weighted by Crippen LogP contribution is 2.30. The van der Waals surface area contributed by atoms with Crippen molar-refractivity contribution in [3.8, 4) is 11.5 Å². The predicted octanol–water partition coefficient (Wildman–Crippen LogP) is 4.06. The number of hydrogen-bond acceptors (Lipinski definition) is 2. The van der Waals surface area contributed by atoms with Crippen molar-refractivity contribution in [1.29, 1.82) is 0 Å². The Kier molecular flexibility index (Phi) is 4.00. The Morgan fingerprint density at radius 3 is 2.56 bits per heavy atom. The van der Waals surface area contributed by atoms with Gasteiger partial charge in [-0.1, -0.05) is 44.2 Å². The van der Waals surface area contributed by atoms with E-state index in [4.69, 9.17) is 10.5 Å². The fourth-order valence-corrected chi connectivity index (χ4v) is 1.91. The second-order valence-corrected chi connectivity index (χ2v) is 4.65. The molecule has 0 spiro atoms. The summed E-state index contributed by atoms with van der Waals surface area (Å²) in [7, 11) is 0. The maximum atomic E-state index is 5.96. The van der Waals surface area contributed by atoms with E-state index in [0.717, 1.165) is 17.1 Å². The number of nitrogens with two attached hydrogens (primary N) is 1. The van der Waals surface area contributed by atoms with Gasteiger partial charge in [0.25, 0.3) is 0 Å². The molecule has 0 unspecified atom stereocenters. The first-order valence-corrected chi connectivity index (χ1v) is 6.26. The number of hydrogen-bond donors (Lipinski definition) is 1. The molecular weight excluding hydrogens is 222 g/mol. The van der Waals surface area contributed by atoms with Crippen LogP contribution in [0.1, 0.15) is 30.9 Å². The molecule has 0 saturated carbocycles. The van der Waals surface area contributed by atoms with Gasteiger partial charge in [0.05, 0.1) is 0 Å². The molecule has 0 aromatic heterocycles. The Balaban J connectivity index is 2.28. The molecule has 2 N–H and O–H groups in total. The van der Waals surface area contributed by atoms with Crippen LogP contribution >= 0.6 is 0 Å². The van der Waals surface area contributed by atoms with Gasteiger partial charge in [-0.3, -0.25) is 0 Å². The van der Waals surface area contributed by atoms with Gasteiger partial charge in [0.1, 0.15) is 11.5 Å². The third-order valence-electron chi connectivity index (χ3n) is 2.90. The molecule has 0 radical (unpaired) electrons. The van der Waals surface area contributed by atoms with Crippen molar-refractivity contribution in [2.24, 2.45) is 5.73 Å². The summed E-state index contributed by atoms with van der Waals surface area (Å²) in [5.41, 5.74) is 7.93. The molecule has 18 heavy (non-hydrogen) atoms. The summed E-state index contributed by atoms with van der Waals surface area (Å²) in [6, 6.07) is 16.0. The lowest BCUT2D eigenvalue weighted by Crippen LogP contribution is -1.97. The number of benzene rings is 2. The fourth-order valence-electron chi connectivity index (χ4n) is 1.91. The Labute approximate surface area is 108 Å². The highest BCUT2D eigenvalue weighted by Gasteiger charge is 2.07. The largest absolute Gasteiger partial charge is 0.457 e. The van der Waals surface area contributed by atoms with E-state index in [1.807, 2.05) is 42.5 Å². The van der Waals surface area contributed by atoms with Gasteiger partial charge in [0, 0.05) is 6.54 Å². The van der Waals surface area contributed by atoms with E-state index in [9.17, 15) is 0 Å². The van der Waals surface area contributed by atoms with E-state index >= 15 is 0 Å². The van der Waals surface area contributed by atoms with E-state index in [1.54, 1.807) is 0 Å². The Bertz CT molecular complexity index is 520. The molecule has 2 aromatic carbocycles. The van der Waals surface area contributed by atoms with E-state index in [-0.39, 0.29) is 0 Å². The molecule has 2 heteroatoms. The van der Waals surface area contributed by atoms with Crippen LogP contribution in [0.2, 0.25) is 0 Å². The van der Waals surface area contributed by atoms with Crippen molar-refractivity contribution in [1.82, 2.24) is 0 Å². The van der Waals surface area contributed by atoms with E-state index < -0.39 is 0 Å². The second-order valence-electron chi connectivity index (χ2n) is 4.65. The van der Waals surface area contributed by atoms with Gasteiger partial charge in [0.2, 0.25) is 0 Å². The molecule has 0 amide bonds. The fraction of sp³-hybridized carbons (Fsp3) is 0.250. The first-order chi connectivity index (χ1) is 8.70. The maximum absolute atomic E-state index is 5.96. The summed E-state index contributed by atoms with van der Waals surface area (Å²) in [6.45, 7) is 4.86. The molecule has 2 rings (SSSR count). The van der Waals surface area contributed by atoms with Crippen molar-refractivity contribution in [2.75, 3.05) is 0 Å². The molecule has 94 valence electrons. The predicted molar refractivity (Wildman–Crippen MR) is 74.9 cm³/mol. The van der Waals surface area contributed by atoms with Crippen molar-refractivity contribution < 1.29 is 4.74 Å². The summed E-state index contributed by atoms with van der Waals surface area (Å²) in [4.78, 5) is 0. The van der Waals surface area contributed by atoms with E-state index in [0.29, 0.717) is 12.5 Å². The molecule has 0 bridgehead atoms. The van der Waals surface area contributed by atoms with Crippen LogP contribution in [0.5, 0.6) is 11.5 Å². The number of para-hydroxylation sites is 1. The standard InChI is InChI=1S/C16H19NO/c1-12(2)15-8-3-4-9-16(15)18-14-7-5-6-13(10-14)11-17/h3-10,12H,11,17H2,1-2H3. The molecule has 0 atom stereocenters. The van der Waals surface area contributed by atoms with Crippen LogP contribution in [0.3, 0.4) is 0 Å². The molecule has 2 aromatic rings. The highest BCUT2D eigenvalue weighted by atomic mass is 16.5. The first-order valence-electron chi connectivity index (χ1n) is 6.26. The van der Waals surface area contributed by atoms with Gasteiger partial charge < -0.3 is 10.5 Å². The van der Waals surface area contributed by atoms with Crippen LogP contribution in [0.25, 0.3) is 0 Å². The van der Waals surface area contributed by atoms with Gasteiger partial charge in [-0.2, -0.15) is 0 Å². The summed E-state index contributed by atoms with van der Waals surface area (Å²) < 4.78 is 5.96. The molecule has 0 fully saturated rings. The van der Waals surface area contributed by atoms with E-state index in [2.05, 4.69) is 19.9 Å². The third kappa shape index (κ3) is 2.90. The topological polar surface area (TPSA) is 35.2 Å². The van der Waals surface area contributed by atoms with Crippen LogP contribution in [0, 0.1) is 0 Å². The molecule has 0 saturated heterocycles. The lowest BCUT2D eigenvalue weighted by Gasteiger charge is -2.13. The summed E-state index contributed by atoms with van der Waals surface area (Å²) in [5.74, 6) is 2.20. The van der Waals surface area contributed by atoms with Crippen molar-refractivity contribution >= 4 is 0 Å². The van der Waals surface area contributed by atoms with Crippen LogP contribution in [-0.2, 0) is 6.54 Å². The second kappa shape index (κ2) is 5.69. The van der Waals surface area contributed by atoms with Gasteiger partial charge >= 0.3 is 0 Å². The maximum Gasteiger partial charge on any atom is 0.130 e. The molecule has 0 aliphatic carbocycles. The average molecular weight is 241 g/mol. The normalized spacial score (nSPS) is 10.7. The first kappa shape index (κ1) is 12.7.